The fraction of sp³-hybridized carbons (Fsp3) is 0.846. The third-order valence-corrected chi connectivity index (χ3v) is 2.52. The summed E-state index contributed by atoms with van der Waals surface area (Å²) in [5.41, 5.74) is 1.56. The summed E-state index contributed by atoms with van der Waals surface area (Å²) >= 11 is 0. The third-order valence-electron chi connectivity index (χ3n) is 2.52. The molecule has 0 aromatic rings. The first-order chi connectivity index (χ1) is 6.70. The minimum Gasteiger partial charge on any atom is -0.317 e. The Morgan fingerprint density at radius 1 is 1.36 bits per heavy atom. The molecule has 14 heavy (non-hydrogen) atoms. The highest BCUT2D eigenvalue weighted by atomic mass is 14.8. The van der Waals surface area contributed by atoms with E-state index in [4.69, 9.17) is 0 Å². The van der Waals surface area contributed by atoms with Crippen LogP contribution in [0.4, 0.5) is 0 Å². The molecule has 0 spiro atoms. The zero-order valence-electron chi connectivity index (χ0n) is 10.4. The second-order valence-electron chi connectivity index (χ2n) is 4.29. The molecule has 0 saturated carbocycles. The van der Waals surface area contributed by atoms with Gasteiger partial charge in [-0.25, -0.2) is 0 Å². The Labute approximate surface area is 90.0 Å². The van der Waals surface area contributed by atoms with Crippen molar-refractivity contribution in [3.8, 4) is 0 Å². The zero-order valence-corrected chi connectivity index (χ0v) is 10.4. The van der Waals surface area contributed by atoms with E-state index in [9.17, 15) is 0 Å². The summed E-state index contributed by atoms with van der Waals surface area (Å²) in [7, 11) is 0. The molecule has 84 valence electrons. The van der Waals surface area contributed by atoms with Crippen LogP contribution in [0.5, 0.6) is 0 Å². The highest BCUT2D eigenvalue weighted by molar-refractivity contribution is 4.98. The fourth-order valence-corrected chi connectivity index (χ4v) is 1.83. The Morgan fingerprint density at radius 3 is 2.64 bits per heavy atom. The minimum atomic E-state index is 0.857. The van der Waals surface area contributed by atoms with Crippen LogP contribution in [-0.4, -0.2) is 13.1 Å². The van der Waals surface area contributed by atoms with Crippen molar-refractivity contribution < 1.29 is 0 Å². The van der Waals surface area contributed by atoms with Crippen LogP contribution in [0.2, 0.25) is 0 Å². The molecular formula is C13H27N. The normalized spacial score (nSPS) is 14.4. The van der Waals surface area contributed by atoms with E-state index in [-0.39, 0.29) is 0 Å². The highest BCUT2D eigenvalue weighted by Crippen LogP contribution is 2.15. The van der Waals surface area contributed by atoms with Gasteiger partial charge < -0.3 is 5.32 Å². The topological polar surface area (TPSA) is 12.0 Å². The molecule has 1 nitrogen and oxygen atoms in total. The molecule has 0 aromatic heterocycles. The molecular weight excluding hydrogens is 170 g/mol. The number of rotatable bonds is 8. The quantitative estimate of drug-likeness (QED) is 0.461. The highest BCUT2D eigenvalue weighted by Gasteiger charge is 2.00. The molecule has 1 unspecified atom stereocenters. The molecule has 1 heteroatoms. The van der Waals surface area contributed by atoms with Crippen molar-refractivity contribution >= 4 is 0 Å². The van der Waals surface area contributed by atoms with Crippen molar-refractivity contribution in [3.63, 3.8) is 0 Å². The zero-order chi connectivity index (χ0) is 10.8. The Balaban J connectivity index is 3.55. The van der Waals surface area contributed by atoms with Crippen LogP contribution in [0.15, 0.2) is 11.6 Å². The Morgan fingerprint density at radius 2 is 2.07 bits per heavy atom. The largest absolute Gasteiger partial charge is 0.317 e. The first-order valence-corrected chi connectivity index (χ1v) is 6.07. The van der Waals surface area contributed by atoms with Gasteiger partial charge in [0, 0.05) is 0 Å². The Hall–Kier alpha value is -0.300. The van der Waals surface area contributed by atoms with Crippen molar-refractivity contribution in [1.29, 1.82) is 0 Å². The second kappa shape index (κ2) is 9.26. The van der Waals surface area contributed by atoms with Crippen LogP contribution in [0.1, 0.15) is 53.4 Å². The van der Waals surface area contributed by atoms with E-state index in [1.807, 2.05) is 0 Å². The SMILES string of the molecule is CCCC(C)CC(C)=CCCNCC. The van der Waals surface area contributed by atoms with Crippen molar-refractivity contribution in [2.75, 3.05) is 13.1 Å². The maximum atomic E-state index is 3.34. The van der Waals surface area contributed by atoms with E-state index < -0.39 is 0 Å². The lowest BCUT2D eigenvalue weighted by Crippen LogP contribution is -2.13. The van der Waals surface area contributed by atoms with Gasteiger partial charge in [-0.15, -0.1) is 0 Å². The summed E-state index contributed by atoms with van der Waals surface area (Å²) in [5.74, 6) is 0.857. The molecule has 0 aliphatic rings. The lowest BCUT2D eigenvalue weighted by Gasteiger charge is -2.10. The average Bonchev–Trinajstić information content (AvgIpc) is 2.13. The molecule has 0 aliphatic carbocycles. The van der Waals surface area contributed by atoms with Crippen molar-refractivity contribution in [2.45, 2.75) is 53.4 Å². The molecule has 0 aliphatic heterocycles. The van der Waals surface area contributed by atoms with Crippen LogP contribution >= 0.6 is 0 Å². The van der Waals surface area contributed by atoms with E-state index in [0.717, 1.165) is 19.0 Å². The van der Waals surface area contributed by atoms with E-state index in [1.165, 1.54) is 25.7 Å². The third kappa shape index (κ3) is 8.31. The van der Waals surface area contributed by atoms with Gasteiger partial charge in [0.2, 0.25) is 0 Å². The fourth-order valence-electron chi connectivity index (χ4n) is 1.83. The summed E-state index contributed by atoms with van der Waals surface area (Å²) < 4.78 is 0. The monoisotopic (exact) mass is 197 g/mol. The predicted octanol–water partition coefficient (Wildman–Crippen LogP) is 3.76. The van der Waals surface area contributed by atoms with Crippen LogP contribution in [-0.2, 0) is 0 Å². The molecule has 0 amide bonds. The summed E-state index contributed by atoms with van der Waals surface area (Å²) in [6.45, 7) is 11.2. The van der Waals surface area contributed by atoms with E-state index in [0.29, 0.717) is 0 Å². The van der Waals surface area contributed by atoms with Gasteiger partial charge in [0.25, 0.3) is 0 Å². The van der Waals surface area contributed by atoms with Gasteiger partial charge in [-0.2, -0.15) is 0 Å². The van der Waals surface area contributed by atoms with Crippen LogP contribution in [0.25, 0.3) is 0 Å². The molecule has 0 bridgehead atoms. The van der Waals surface area contributed by atoms with E-state index >= 15 is 0 Å². The summed E-state index contributed by atoms with van der Waals surface area (Å²) in [6, 6.07) is 0. The van der Waals surface area contributed by atoms with Crippen molar-refractivity contribution in [1.82, 2.24) is 5.32 Å². The lowest BCUT2D eigenvalue weighted by atomic mass is 9.97. The molecule has 0 aromatic carbocycles. The number of hydrogen-bond acceptors (Lipinski definition) is 1. The smallest absolute Gasteiger partial charge is 0.00143 e. The summed E-state index contributed by atoms with van der Waals surface area (Å²) in [4.78, 5) is 0. The molecule has 0 heterocycles. The molecule has 1 atom stereocenters. The molecule has 0 rings (SSSR count). The van der Waals surface area contributed by atoms with Crippen LogP contribution < -0.4 is 5.32 Å². The van der Waals surface area contributed by atoms with Crippen LogP contribution in [0.3, 0.4) is 0 Å². The van der Waals surface area contributed by atoms with Gasteiger partial charge in [-0.05, 0) is 38.8 Å². The first kappa shape index (κ1) is 13.7. The Bertz CT molecular complexity index is 149. The summed E-state index contributed by atoms with van der Waals surface area (Å²) in [6.07, 6.45) is 7.51. The first-order valence-electron chi connectivity index (χ1n) is 6.07. The molecule has 0 radical (unpaired) electrons. The maximum Gasteiger partial charge on any atom is -0.00143 e. The van der Waals surface area contributed by atoms with Gasteiger partial charge in [-0.1, -0.05) is 45.3 Å². The van der Waals surface area contributed by atoms with Gasteiger partial charge in [0.05, 0.1) is 0 Å². The number of nitrogens with one attached hydrogen (secondary N) is 1. The molecule has 0 saturated heterocycles. The number of hydrogen-bond donors (Lipinski definition) is 1. The average molecular weight is 197 g/mol. The van der Waals surface area contributed by atoms with Crippen molar-refractivity contribution in [3.05, 3.63) is 11.6 Å². The minimum absolute atomic E-state index is 0.857. The standard InChI is InChI=1S/C13H27N/c1-5-8-12(3)11-13(4)9-7-10-14-6-2/h9,12,14H,5-8,10-11H2,1-4H3. The molecule has 1 N–H and O–H groups in total. The Kier molecular flexibility index (Phi) is 9.06. The molecule has 0 fully saturated rings. The van der Waals surface area contributed by atoms with Gasteiger partial charge in [0.15, 0.2) is 0 Å². The van der Waals surface area contributed by atoms with Gasteiger partial charge in [-0.3, -0.25) is 0 Å². The number of allylic oxidation sites excluding steroid dienone is 1. The van der Waals surface area contributed by atoms with E-state index in [2.05, 4.69) is 39.1 Å². The predicted molar refractivity (Wildman–Crippen MR) is 65.6 cm³/mol. The lowest BCUT2D eigenvalue weighted by molar-refractivity contribution is 0.519. The second-order valence-corrected chi connectivity index (χ2v) is 4.29. The van der Waals surface area contributed by atoms with Crippen molar-refractivity contribution in [2.24, 2.45) is 5.92 Å². The van der Waals surface area contributed by atoms with E-state index in [1.54, 1.807) is 5.57 Å². The van der Waals surface area contributed by atoms with Gasteiger partial charge in [0.1, 0.15) is 0 Å². The van der Waals surface area contributed by atoms with Crippen LogP contribution in [0, 0.1) is 5.92 Å². The van der Waals surface area contributed by atoms with Gasteiger partial charge >= 0.3 is 0 Å². The maximum absolute atomic E-state index is 3.34. The summed E-state index contributed by atoms with van der Waals surface area (Å²) in [5, 5.41) is 3.34.